The van der Waals surface area contributed by atoms with Crippen LogP contribution in [0, 0.1) is 5.89 Å². The summed E-state index contributed by atoms with van der Waals surface area (Å²) < 4.78 is 155. The van der Waals surface area contributed by atoms with Crippen LogP contribution in [0.4, 0.5) is 0 Å². The topological polar surface area (TPSA) is 87.5 Å². The Bertz CT molecular complexity index is 1600. The molecule has 3 rings (SSSR count). The minimum Gasteiger partial charge on any atom is -0.505 e. The second-order valence-electron chi connectivity index (χ2n) is 5.25. The quantitative estimate of drug-likeness (QED) is 0.763. The number of likely N-dealkylation sites (tertiary alicyclic amines) is 1. The number of carbonyl (C=O) groups excluding carboxylic acids is 1. The Balaban J connectivity index is 2.19. The van der Waals surface area contributed by atoms with Gasteiger partial charge in [0.25, 0.3) is 11.5 Å². The van der Waals surface area contributed by atoms with Crippen molar-refractivity contribution < 1.29 is 36.0 Å². The Kier molecular flexibility index (Phi) is 2.13. The first-order valence-electron chi connectivity index (χ1n) is 16.9. The number of carbonyl (C=O) groups is 1. The van der Waals surface area contributed by atoms with Gasteiger partial charge in [0.15, 0.2) is 7.16 Å². The largest absolute Gasteiger partial charge is 0.505 e. The third kappa shape index (κ3) is 4.16. The fraction of sp³-hybridized carbons (Fsp3) is 0.632. The maximum atomic E-state index is 13.5. The monoisotopic (exact) mass is 411 g/mol. The van der Waals surface area contributed by atoms with E-state index in [4.69, 9.17) is 26.1 Å². The van der Waals surface area contributed by atoms with Gasteiger partial charge in [0, 0.05) is 40.9 Å². The molecule has 0 radical (unpaired) electrons. The van der Waals surface area contributed by atoms with Crippen molar-refractivity contribution in [3.8, 4) is 5.75 Å². The SMILES string of the molecule is [2H]c1nc2c(O)c(C(=O)N([2H])C([2H])([2H])CC([2H])([2H])N3C([2H])([2H])C([2H])([2H])C([2H])([2H])C([2H])(C)C3([2H])[2H])c(=O)n(C([2H])(C)C([2H])([2H])[2H])c2s1. The number of hydrogen-bond acceptors (Lipinski definition) is 6. The summed E-state index contributed by atoms with van der Waals surface area (Å²) in [5.74, 6) is -6.63. The average molecular weight is 412 g/mol. The van der Waals surface area contributed by atoms with Crippen LogP contribution in [0.1, 0.15) is 80.9 Å². The van der Waals surface area contributed by atoms with Crippen LogP contribution in [0.5, 0.6) is 5.75 Å². The zero-order chi connectivity index (χ0) is 36.4. The molecule has 2 aromatic rings. The molecule has 0 bridgehead atoms. The number of nitrogens with zero attached hydrogens (tertiary/aromatic N) is 3. The van der Waals surface area contributed by atoms with Crippen LogP contribution in [0.25, 0.3) is 10.3 Å². The first kappa shape index (κ1) is 6.84. The molecule has 1 amide bonds. The van der Waals surface area contributed by atoms with Gasteiger partial charge in [-0.2, -0.15) is 0 Å². The number of piperidine rings is 1. The predicted octanol–water partition coefficient (Wildman–Crippen LogP) is 2.60. The highest BCUT2D eigenvalue weighted by Crippen LogP contribution is 2.29. The van der Waals surface area contributed by atoms with Crippen LogP contribution < -0.4 is 10.9 Å². The Morgan fingerprint density at radius 3 is 3.41 bits per heavy atom. The molecule has 27 heavy (non-hydrogen) atoms. The fourth-order valence-electron chi connectivity index (χ4n) is 2.20. The van der Waals surface area contributed by atoms with Crippen LogP contribution in [0.2, 0.25) is 1.41 Å². The van der Waals surface area contributed by atoms with Gasteiger partial charge in [-0.3, -0.25) is 14.2 Å². The summed E-state index contributed by atoms with van der Waals surface area (Å²) in [6.07, 6.45) is -9.29. The summed E-state index contributed by atoms with van der Waals surface area (Å²) in [7, 11) is 0. The molecule has 0 spiro atoms. The van der Waals surface area contributed by atoms with Gasteiger partial charge in [-0.05, 0) is 51.8 Å². The third-order valence-electron chi connectivity index (χ3n) is 3.33. The molecule has 7 nitrogen and oxygen atoms in total. The van der Waals surface area contributed by atoms with Crippen molar-refractivity contribution in [1.82, 2.24) is 19.8 Å². The summed E-state index contributed by atoms with van der Waals surface area (Å²) in [6, 6.07) is -2.88. The van der Waals surface area contributed by atoms with E-state index < -0.39 is 113 Å². The molecule has 0 aromatic carbocycles. The third-order valence-corrected chi connectivity index (χ3v) is 4.08. The molecule has 2 N–H and O–H groups in total. The highest BCUT2D eigenvalue weighted by atomic mass is 32.1. The van der Waals surface area contributed by atoms with Crippen LogP contribution in [0.15, 0.2) is 10.3 Å². The Morgan fingerprint density at radius 1 is 1.81 bits per heavy atom. The number of pyridine rings is 1. The van der Waals surface area contributed by atoms with Crippen molar-refractivity contribution in [1.29, 1.82) is 0 Å². The Morgan fingerprint density at radius 2 is 2.63 bits per heavy atom. The first-order valence-corrected chi connectivity index (χ1v) is 8.30. The van der Waals surface area contributed by atoms with Crippen LogP contribution in [-0.2, 0) is 0 Å². The molecule has 1 fully saturated rings. The van der Waals surface area contributed by atoms with Crippen LogP contribution in [0.3, 0.4) is 0 Å². The smallest absolute Gasteiger partial charge is 0.268 e. The van der Waals surface area contributed by atoms with E-state index in [-0.39, 0.29) is 4.57 Å². The standard InChI is InChI=1S/C19H28N4O3S/c1-12(2)23-18(26)14(16(24)15-19(23)27-11-21-15)17(25)20-7-5-9-22-8-4-6-13(3)10-22/h11-13,24H,4-10H2,1-3H3,(H,20,25)/i1D3,4D2,6D2,7D2,8D2,9D2,10D2,11D,12D,13D/hD. The highest BCUT2D eigenvalue weighted by Gasteiger charge is 2.24. The summed E-state index contributed by atoms with van der Waals surface area (Å²) in [5.41, 5.74) is -4.57. The van der Waals surface area contributed by atoms with Gasteiger partial charge < -0.3 is 15.3 Å². The molecule has 2 aromatic heterocycles. The molecule has 1 saturated heterocycles. The van der Waals surface area contributed by atoms with E-state index in [2.05, 4.69) is 4.98 Å². The molecule has 1 aliphatic heterocycles. The summed E-state index contributed by atoms with van der Waals surface area (Å²) in [5, 5.41) is 10.1. The number of thiazole rings is 1. The number of aromatic nitrogens is 2. The molecule has 0 aliphatic carbocycles. The lowest BCUT2D eigenvalue weighted by atomic mass is 10.0. The number of aromatic hydroxyl groups is 1. The van der Waals surface area contributed by atoms with E-state index in [1.165, 1.54) is 0 Å². The molecule has 2 unspecified atom stereocenters. The van der Waals surface area contributed by atoms with Crippen molar-refractivity contribution in [3.05, 3.63) is 21.4 Å². The minimum absolute atomic E-state index is 0.197. The van der Waals surface area contributed by atoms with E-state index in [1.807, 2.05) is 0 Å². The van der Waals surface area contributed by atoms with Crippen molar-refractivity contribution in [3.63, 3.8) is 0 Å². The maximum absolute atomic E-state index is 13.5. The second-order valence-corrected chi connectivity index (χ2v) is 6.03. The fourth-order valence-corrected chi connectivity index (χ4v) is 2.97. The molecule has 1 aliphatic rings. The van der Waals surface area contributed by atoms with Crippen molar-refractivity contribution in [2.45, 2.75) is 45.9 Å². The molecule has 3 heterocycles. The lowest BCUT2D eigenvalue weighted by Gasteiger charge is -2.30. The average Bonchev–Trinajstić information content (AvgIpc) is 3.21. The van der Waals surface area contributed by atoms with Gasteiger partial charge >= 0.3 is 0 Å². The molecular weight excluding hydrogens is 364 g/mol. The predicted molar refractivity (Wildman–Crippen MR) is 108 cm³/mol. The van der Waals surface area contributed by atoms with Crippen molar-refractivity contribution in [2.24, 2.45) is 5.89 Å². The van der Waals surface area contributed by atoms with Gasteiger partial charge in [0.2, 0.25) is 0 Å². The molecule has 8 heteroatoms. The number of nitrogens with one attached hydrogen (secondary N) is 1. The number of amides is 1. The molecule has 148 valence electrons. The maximum Gasteiger partial charge on any atom is 0.268 e. The van der Waals surface area contributed by atoms with Crippen LogP contribution in [-0.4, -0.2) is 51.5 Å². The zero-order valence-corrected chi connectivity index (χ0v) is 15.0. The normalized spacial score (nSPS) is 42.5. The summed E-state index contributed by atoms with van der Waals surface area (Å²) in [4.78, 5) is 29.5. The van der Waals surface area contributed by atoms with Gasteiger partial charge in [-0.15, -0.1) is 11.3 Å². The lowest BCUT2D eigenvalue weighted by molar-refractivity contribution is 0.0945. The highest BCUT2D eigenvalue weighted by molar-refractivity contribution is 7.16. The molecular formula is C19H28N4O3S. The van der Waals surface area contributed by atoms with E-state index in [1.54, 1.807) is 0 Å². The van der Waals surface area contributed by atoms with E-state index in [0.29, 0.717) is 18.3 Å². The number of fused-ring (bicyclic) bond motifs is 1. The Labute approximate surface area is 189 Å². The summed E-state index contributed by atoms with van der Waals surface area (Å²) >= 11 is 0.351. The molecule has 0 saturated carbocycles. The number of hydrogen-bond donors (Lipinski definition) is 2. The van der Waals surface area contributed by atoms with Crippen molar-refractivity contribution >= 4 is 27.6 Å². The van der Waals surface area contributed by atoms with E-state index in [0.717, 1.165) is 6.92 Å². The number of rotatable bonds is 6. The van der Waals surface area contributed by atoms with Gasteiger partial charge in [-0.1, -0.05) is 6.92 Å². The molecule has 2 atom stereocenters. The van der Waals surface area contributed by atoms with Crippen molar-refractivity contribution in [2.75, 3.05) is 26.0 Å². The van der Waals surface area contributed by atoms with Gasteiger partial charge in [-0.25, -0.2) is 4.98 Å². The zero-order valence-electron chi connectivity index (χ0n) is 33.2. The first-order chi connectivity index (χ1) is 20.1. The second kappa shape index (κ2) is 8.39. The van der Waals surface area contributed by atoms with Gasteiger partial charge in [0.1, 0.15) is 15.9 Å². The van der Waals surface area contributed by atoms with Crippen LogP contribution >= 0.6 is 11.3 Å². The summed E-state index contributed by atoms with van der Waals surface area (Å²) in [6.45, 7) is -17.1. The minimum atomic E-state index is -3.93. The lowest BCUT2D eigenvalue weighted by Crippen LogP contribution is -2.37. The van der Waals surface area contributed by atoms with Gasteiger partial charge in [0.05, 0.1) is 8.23 Å². The Hall–Kier alpha value is -1.93. The van der Waals surface area contributed by atoms with E-state index >= 15 is 0 Å². The van der Waals surface area contributed by atoms with E-state index in [9.17, 15) is 14.7 Å².